The summed E-state index contributed by atoms with van der Waals surface area (Å²) in [6.45, 7) is 7.33. The molecule has 0 aliphatic heterocycles. The largest absolute Gasteiger partial charge is 0.478 e. The topological polar surface area (TPSA) is 59.9 Å². The lowest BCUT2D eigenvalue weighted by Crippen LogP contribution is -2.11. The molecule has 1 N–H and O–H groups in total. The monoisotopic (exact) mass is 278 g/mol. The molecule has 0 fully saturated rings. The van der Waals surface area contributed by atoms with E-state index >= 15 is 0 Å². The van der Waals surface area contributed by atoms with E-state index in [1.807, 2.05) is 31.5 Å². The second kappa shape index (κ2) is 6.47. The summed E-state index contributed by atoms with van der Waals surface area (Å²) >= 11 is 1.67. The Bertz CT molecular complexity index is 515. The van der Waals surface area contributed by atoms with Gasteiger partial charge in [-0.25, -0.2) is 9.97 Å². The first-order valence-electron chi connectivity index (χ1n) is 6.30. The normalized spacial score (nSPS) is 12.2. The Morgan fingerprint density at radius 3 is 2.95 bits per heavy atom. The van der Waals surface area contributed by atoms with Crippen LogP contribution in [0.2, 0.25) is 0 Å². The third kappa shape index (κ3) is 3.89. The summed E-state index contributed by atoms with van der Waals surface area (Å²) in [4.78, 5) is 12.9. The lowest BCUT2D eigenvalue weighted by molar-refractivity contribution is 0.325. The van der Waals surface area contributed by atoms with Crippen molar-refractivity contribution in [2.45, 2.75) is 26.7 Å². The first-order valence-corrected chi connectivity index (χ1v) is 7.18. The first-order chi connectivity index (χ1) is 9.19. The molecule has 2 rings (SSSR count). The van der Waals surface area contributed by atoms with E-state index in [2.05, 4.69) is 27.2 Å². The van der Waals surface area contributed by atoms with E-state index in [-0.39, 0.29) is 0 Å². The van der Waals surface area contributed by atoms with Crippen LogP contribution in [0.3, 0.4) is 0 Å². The maximum Gasteiger partial charge on any atom is 0.218 e. The predicted octanol–water partition coefficient (Wildman–Crippen LogP) is 2.86. The molecule has 0 amide bonds. The second-order valence-corrected chi connectivity index (χ2v) is 5.15. The molecule has 0 radical (unpaired) electrons. The number of rotatable bonds is 6. The molecule has 0 aliphatic rings. The van der Waals surface area contributed by atoms with Gasteiger partial charge in [0.1, 0.15) is 11.6 Å². The lowest BCUT2D eigenvalue weighted by atomic mass is 10.2. The lowest BCUT2D eigenvalue weighted by Gasteiger charge is -2.12. The third-order valence-electron chi connectivity index (χ3n) is 2.57. The van der Waals surface area contributed by atoms with Gasteiger partial charge in [-0.05, 0) is 13.8 Å². The Hall–Kier alpha value is -1.69. The average Bonchev–Trinajstić information content (AvgIpc) is 2.89. The van der Waals surface area contributed by atoms with Crippen molar-refractivity contribution < 1.29 is 4.74 Å². The van der Waals surface area contributed by atoms with Crippen LogP contribution in [-0.2, 0) is 0 Å². The van der Waals surface area contributed by atoms with E-state index in [0.717, 1.165) is 17.4 Å². The van der Waals surface area contributed by atoms with E-state index in [4.69, 9.17) is 4.74 Å². The number of anilines is 1. The van der Waals surface area contributed by atoms with Gasteiger partial charge in [-0.1, -0.05) is 6.92 Å². The first kappa shape index (κ1) is 13.7. The molecule has 0 bridgehead atoms. The average molecular weight is 278 g/mol. The molecule has 0 spiro atoms. The van der Waals surface area contributed by atoms with Gasteiger partial charge < -0.3 is 10.1 Å². The molecule has 5 nitrogen and oxygen atoms in total. The molecule has 102 valence electrons. The Kier molecular flexibility index (Phi) is 4.68. The second-order valence-electron chi connectivity index (χ2n) is 4.22. The van der Waals surface area contributed by atoms with Crippen LogP contribution in [0.5, 0.6) is 5.88 Å². The number of nitrogens with one attached hydrogen (secondary N) is 1. The molecule has 2 aromatic heterocycles. The van der Waals surface area contributed by atoms with Gasteiger partial charge >= 0.3 is 0 Å². The number of hydrogen-bond donors (Lipinski definition) is 1. The number of nitrogens with zero attached hydrogens (tertiary/aromatic N) is 3. The quantitative estimate of drug-likeness (QED) is 0.880. The number of thiazole rings is 1. The van der Waals surface area contributed by atoms with Crippen LogP contribution in [-0.4, -0.2) is 28.1 Å². The fourth-order valence-electron chi connectivity index (χ4n) is 1.68. The molecule has 19 heavy (non-hydrogen) atoms. The number of hydrogen-bond acceptors (Lipinski definition) is 6. The fourth-order valence-corrected chi connectivity index (χ4v) is 2.37. The van der Waals surface area contributed by atoms with Gasteiger partial charge in [0.05, 0.1) is 11.6 Å². The highest BCUT2D eigenvalue weighted by molar-refractivity contribution is 7.09. The maximum atomic E-state index is 5.40. The van der Waals surface area contributed by atoms with Crippen molar-refractivity contribution in [2.75, 3.05) is 18.5 Å². The summed E-state index contributed by atoms with van der Waals surface area (Å²) in [5.74, 6) is 2.46. The molecule has 0 saturated heterocycles. The van der Waals surface area contributed by atoms with E-state index in [0.29, 0.717) is 24.2 Å². The minimum Gasteiger partial charge on any atom is -0.478 e. The molecular formula is C13H18N4OS. The van der Waals surface area contributed by atoms with Crippen molar-refractivity contribution in [1.29, 1.82) is 0 Å². The predicted molar refractivity (Wildman–Crippen MR) is 77.0 cm³/mol. The molecular weight excluding hydrogens is 260 g/mol. The minimum atomic E-state index is 0.353. The Morgan fingerprint density at radius 1 is 1.42 bits per heavy atom. The standard InChI is InChI=1S/C13H18N4OS/c1-4-18-12-7-11(16-10(3)17-12)15-8-9(2)13-14-5-6-19-13/h5-7,9H,4,8H2,1-3H3,(H,15,16,17). The molecule has 1 atom stereocenters. The van der Waals surface area contributed by atoms with E-state index in [1.54, 1.807) is 11.3 Å². The zero-order valence-corrected chi connectivity index (χ0v) is 12.2. The molecule has 2 heterocycles. The highest BCUT2D eigenvalue weighted by Gasteiger charge is 2.09. The van der Waals surface area contributed by atoms with Gasteiger partial charge in [0.15, 0.2) is 0 Å². The van der Waals surface area contributed by atoms with E-state index in [9.17, 15) is 0 Å². The number of ether oxygens (including phenoxy) is 1. The molecule has 6 heteroatoms. The van der Waals surface area contributed by atoms with E-state index in [1.165, 1.54) is 0 Å². The van der Waals surface area contributed by atoms with Gasteiger partial charge in [-0.2, -0.15) is 4.98 Å². The molecule has 0 aliphatic carbocycles. The van der Waals surface area contributed by atoms with Gasteiger partial charge in [-0.3, -0.25) is 0 Å². The molecule has 1 unspecified atom stereocenters. The van der Waals surface area contributed by atoms with Crippen LogP contribution in [0, 0.1) is 6.92 Å². The molecule has 2 aromatic rings. The minimum absolute atomic E-state index is 0.353. The third-order valence-corrected chi connectivity index (χ3v) is 3.58. The van der Waals surface area contributed by atoms with Crippen LogP contribution < -0.4 is 10.1 Å². The summed E-state index contributed by atoms with van der Waals surface area (Å²) in [6, 6.07) is 1.82. The summed E-state index contributed by atoms with van der Waals surface area (Å²) in [5, 5.41) is 6.43. The summed E-state index contributed by atoms with van der Waals surface area (Å²) in [7, 11) is 0. The van der Waals surface area contributed by atoms with Crippen molar-refractivity contribution in [1.82, 2.24) is 15.0 Å². The SMILES string of the molecule is CCOc1cc(NCC(C)c2nccs2)nc(C)n1. The van der Waals surface area contributed by atoms with Crippen LogP contribution in [0.25, 0.3) is 0 Å². The Labute approximate surface area is 117 Å². The van der Waals surface area contributed by atoms with Crippen molar-refractivity contribution >= 4 is 17.2 Å². The summed E-state index contributed by atoms with van der Waals surface area (Å²) in [6.07, 6.45) is 1.83. The van der Waals surface area contributed by atoms with E-state index < -0.39 is 0 Å². The van der Waals surface area contributed by atoms with Crippen LogP contribution in [0.4, 0.5) is 5.82 Å². The van der Waals surface area contributed by atoms with Crippen LogP contribution in [0.15, 0.2) is 17.6 Å². The van der Waals surface area contributed by atoms with Gasteiger partial charge in [0, 0.05) is 30.1 Å². The van der Waals surface area contributed by atoms with Gasteiger partial charge in [0.2, 0.25) is 5.88 Å². The number of aromatic nitrogens is 3. The highest BCUT2D eigenvalue weighted by Crippen LogP contribution is 2.19. The highest BCUT2D eigenvalue weighted by atomic mass is 32.1. The van der Waals surface area contributed by atoms with Crippen molar-refractivity contribution in [3.8, 4) is 5.88 Å². The Balaban J connectivity index is 1.99. The van der Waals surface area contributed by atoms with Crippen LogP contribution >= 0.6 is 11.3 Å². The Morgan fingerprint density at radius 2 is 2.26 bits per heavy atom. The smallest absolute Gasteiger partial charge is 0.218 e. The molecule has 0 aromatic carbocycles. The van der Waals surface area contributed by atoms with Crippen LogP contribution in [0.1, 0.15) is 30.6 Å². The molecule has 0 saturated carbocycles. The maximum absolute atomic E-state index is 5.40. The van der Waals surface area contributed by atoms with Crippen molar-refractivity contribution in [2.24, 2.45) is 0 Å². The zero-order valence-electron chi connectivity index (χ0n) is 11.4. The summed E-state index contributed by atoms with van der Waals surface area (Å²) in [5.41, 5.74) is 0. The fraction of sp³-hybridized carbons (Fsp3) is 0.462. The van der Waals surface area contributed by atoms with Gasteiger partial charge in [0.25, 0.3) is 0 Å². The van der Waals surface area contributed by atoms with Crippen molar-refractivity contribution in [3.63, 3.8) is 0 Å². The van der Waals surface area contributed by atoms with Gasteiger partial charge in [-0.15, -0.1) is 11.3 Å². The summed E-state index contributed by atoms with van der Waals surface area (Å²) < 4.78 is 5.40. The van der Waals surface area contributed by atoms with Crippen molar-refractivity contribution in [3.05, 3.63) is 28.5 Å². The zero-order chi connectivity index (χ0) is 13.7. The number of aryl methyl sites for hydroxylation is 1.